The zero-order chi connectivity index (χ0) is 19.2. The number of nitrogens with one attached hydrogen (secondary N) is 1. The highest BCUT2D eigenvalue weighted by molar-refractivity contribution is 5.94. The van der Waals surface area contributed by atoms with Crippen molar-refractivity contribution in [2.45, 2.75) is 50.5 Å². The van der Waals surface area contributed by atoms with Crippen LogP contribution in [0, 0.1) is 23.1 Å². The molecule has 146 valence electrons. The van der Waals surface area contributed by atoms with Gasteiger partial charge >= 0.3 is 0 Å². The summed E-state index contributed by atoms with van der Waals surface area (Å²) in [6.45, 7) is -0.0669. The molecule has 1 aromatic rings. The van der Waals surface area contributed by atoms with Gasteiger partial charge in [0, 0.05) is 19.2 Å². The minimum atomic E-state index is -0.586. The lowest BCUT2D eigenvalue weighted by Crippen LogP contribution is -2.56. The molecule has 2 N–H and O–H groups in total. The fourth-order valence-corrected chi connectivity index (χ4v) is 6.13. The van der Waals surface area contributed by atoms with E-state index in [0.29, 0.717) is 30.4 Å². The third kappa shape index (κ3) is 3.86. The van der Waals surface area contributed by atoms with Crippen LogP contribution < -0.4 is 5.32 Å². The lowest BCUT2D eigenvalue weighted by atomic mass is 9.47. The minimum Gasteiger partial charge on any atom is -0.390 e. The summed E-state index contributed by atoms with van der Waals surface area (Å²) < 4.78 is 13.2. The van der Waals surface area contributed by atoms with E-state index in [2.05, 4.69) is 5.32 Å². The molecule has 5 rings (SSSR count). The summed E-state index contributed by atoms with van der Waals surface area (Å²) in [4.78, 5) is 26.4. The van der Waals surface area contributed by atoms with Gasteiger partial charge in [0.2, 0.25) is 11.8 Å². The standard InChI is InChI=1S/C21H27FN2O3/c1-24(12-18(25)23-17-4-2-3-16(22)6-17)19(26)11-20-7-14-5-15(8-20)10-21(27,9-14)13-20/h2-4,6,14-15,27H,5,7-13H2,1H3,(H,23,25)/t14-,15+,20?,21?. The summed E-state index contributed by atoms with van der Waals surface area (Å²) in [5.74, 6) is 0.240. The zero-order valence-electron chi connectivity index (χ0n) is 15.7. The Hall–Kier alpha value is -1.95. The van der Waals surface area contributed by atoms with Crippen LogP contribution in [0.1, 0.15) is 44.9 Å². The van der Waals surface area contributed by atoms with Crippen LogP contribution in [-0.2, 0) is 9.59 Å². The molecule has 0 spiro atoms. The normalized spacial score (nSPS) is 33.7. The molecule has 27 heavy (non-hydrogen) atoms. The third-order valence-corrected chi connectivity index (χ3v) is 6.59. The first-order valence-corrected chi connectivity index (χ1v) is 9.76. The van der Waals surface area contributed by atoms with Crippen LogP contribution in [0.5, 0.6) is 0 Å². The molecule has 4 bridgehead atoms. The third-order valence-electron chi connectivity index (χ3n) is 6.59. The largest absolute Gasteiger partial charge is 0.390 e. The number of nitrogens with zero attached hydrogens (tertiary/aromatic N) is 1. The van der Waals surface area contributed by atoms with Gasteiger partial charge in [-0.15, -0.1) is 0 Å². The summed E-state index contributed by atoms with van der Waals surface area (Å²) in [6.07, 6.45) is 6.08. The van der Waals surface area contributed by atoms with Crippen LogP contribution in [0.2, 0.25) is 0 Å². The molecule has 2 amide bonds. The van der Waals surface area contributed by atoms with Gasteiger partial charge in [-0.25, -0.2) is 4.39 Å². The number of amides is 2. The fraction of sp³-hybridized carbons (Fsp3) is 0.619. The number of carbonyl (C=O) groups excluding carboxylic acids is 2. The predicted molar refractivity (Wildman–Crippen MR) is 99.3 cm³/mol. The Morgan fingerprint density at radius 2 is 1.96 bits per heavy atom. The van der Waals surface area contributed by atoms with Crippen molar-refractivity contribution in [3.05, 3.63) is 30.1 Å². The van der Waals surface area contributed by atoms with E-state index in [-0.39, 0.29) is 23.8 Å². The Kier molecular flexibility index (Phi) is 4.49. The fourth-order valence-electron chi connectivity index (χ4n) is 6.13. The number of carbonyl (C=O) groups is 2. The highest BCUT2D eigenvalue weighted by atomic mass is 19.1. The molecule has 4 fully saturated rings. The molecule has 4 saturated carbocycles. The first-order valence-electron chi connectivity index (χ1n) is 9.76. The summed E-state index contributed by atoms with van der Waals surface area (Å²) in [5, 5.41) is 13.5. The number of hydrogen-bond acceptors (Lipinski definition) is 3. The van der Waals surface area contributed by atoms with E-state index in [1.54, 1.807) is 13.1 Å². The van der Waals surface area contributed by atoms with Crippen LogP contribution in [0.4, 0.5) is 10.1 Å². The van der Waals surface area contributed by atoms with E-state index in [4.69, 9.17) is 0 Å². The summed E-state index contributed by atoms with van der Waals surface area (Å²) >= 11 is 0. The van der Waals surface area contributed by atoms with E-state index in [9.17, 15) is 19.1 Å². The number of aliphatic hydroxyl groups is 1. The number of benzene rings is 1. The van der Waals surface area contributed by atoms with Crippen LogP contribution in [0.15, 0.2) is 24.3 Å². The highest BCUT2D eigenvalue weighted by Gasteiger charge is 2.57. The average Bonchev–Trinajstić information content (AvgIpc) is 2.51. The molecule has 1 aromatic carbocycles. The molecule has 4 aliphatic rings. The molecule has 5 nitrogen and oxygen atoms in total. The Morgan fingerprint density at radius 3 is 2.59 bits per heavy atom. The maximum atomic E-state index is 13.2. The Bertz CT molecular complexity index is 752. The zero-order valence-corrected chi connectivity index (χ0v) is 15.7. The van der Waals surface area contributed by atoms with Crippen LogP contribution in [0.25, 0.3) is 0 Å². The van der Waals surface area contributed by atoms with Crippen molar-refractivity contribution < 1.29 is 19.1 Å². The predicted octanol–water partition coefficient (Wildman–Crippen LogP) is 2.94. The maximum Gasteiger partial charge on any atom is 0.243 e. The lowest BCUT2D eigenvalue weighted by molar-refractivity contribution is -0.171. The van der Waals surface area contributed by atoms with Gasteiger partial charge in [0.05, 0.1) is 12.1 Å². The van der Waals surface area contributed by atoms with Crippen molar-refractivity contribution in [2.75, 3.05) is 18.9 Å². The monoisotopic (exact) mass is 374 g/mol. The Labute approximate surface area is 158 Å². The molecular formula is C21H27FN2O3. The van der Waals surface area contributed by atoms with Gasteiger partial charge in [-0.3, -0.25) is 9.59 Å². The second kappa shape index (κ2) is 6.59. The Morgan fingerprint density at radius 1 is 1.26 bits per heavy atom. The van der Waals surface area contributed by atoms with Gasteiger partial charge in [-0.2, -0.15) is 0 Å². The number of hydrogen-bond donors (Lipinski definition) is 2. The molecule has 4 aliphatic carbocycles. The van der Waals surface area contributed by atoms with Gasteiger partial charge in [-0.1, -0.05) is 6.07 Å². The van der Waals surface area contributed by atoms with Gasteiger partial charge in [0.25, 0.3) is 0 Å². The van der Waals surface area contributed by atoms with Crippen molar-refractivity contribution in [1.82, 2.24) is 4.90 Å². The lowest BCUT2D eigenvalue weighted by Gasteiger charge is -2.60. The maximum absolute atomic E-state index is 13.2. The molecule has 0 heterocycles. The van der Waals surface area contributed by atoms with E-state index in [1.807, 2.05) is 0 Å². The molecule has 0 saturated heterocycles. The van der Waals surface area contributed by atoms with Crippen LogP contribution in [-0.4, -0.2) is 41.0 Å². The first-order chi connectivity index (χ1) is 12.7. The number of anilines is 1. The van der Waals surface area contributed by atoms with E-state index in [1.165, 1.54) is 29.5 Å². The quantitative estimate of drug-likeness (QED) is 0.833. The molecule has 2 unspecified atom stereocenters. The molecule has 0 radical (unpaired) electrons. The minimum absolute atomic E-state index is 0.0602. The van der Waals surface area contributed by atoms with E-state index >= 15 is 0 Å². The van der Waals surface area contributed by atoms with E-state index < -0.39 is 11.4 Å². The average molecular weight is 374 g/mol. The van der Waals surface area contributed by atoms with Crippen LogP contribution >= 0.6 is 0 Å². The number of halogens is 1. The summed E-state index contributed by atoms with van der Waals surface area (Å²) in [5.41, 5.74) is -0.315. The number of likely N-dealkylation sites (N-methyl/N-ethyl adjacent to an activating group) is 1. The van der Waals surface area contributed by atoms with Crippen molar-refractivity contribution in [3.63, 3.8) is 0 Å². The van der Waals surface area contributed by atoms with Gasteiger partial charge in [0.15, 0.2) is 0 Å². The van der Waals surface area contributed by atoms with Crippen molar-refractivity contribution >= 4 is 17.5 Å². The van der Waals surface area contributed by atoms with Crippen molar-refractivity contribution in [2.24, 2.45) is 17.3 Å². The molecular weight excluding hydrogens is 347 g/mol. The van der Waals surface area contributed by atoms with Crippen molar-refractivity contribution in [3.8, 4) is 0 Å². The molecule has 0 aliphatic heterocycles. The molecule has 6 heteroatoms. The van der Waals surface area contributed by atoms with Gasteiger partial charge < -0.3 is 15.3 Å². The number of rotatable bonds is 5. The molecule has 4 atom stereocenters. The first kappa shape index (κ1) is 18.4. The van der Waals surface area contributed by atoms with E-state index in [0.717, 1.165) is 25.7 Å². The van der Waals surface area contributed by atoms with Gasteiger partial charge in [-0.05, 0) is 74.0 Å². The van der Waals surface area contributed by atoms with Crippen molar-refractivity contribution in [1.29, 1.82) is 0 Å². The smallest absolute Gasteiger partial charge is 0.243 e. The SMILES string of the molecule is CN(CC(=O)Nc1cccc(F)c1)C(=O)CC12C[C@@H]3C[C@@H](CC(O)(C3)C1)C2. The summed E-state index contributed by atoms with van der Waals surface area (Å²) in [7, 11) is 1.63. The van der Waals surface area contributed by atoms with Gasteiger partial charge in [0.1, 0.15) is 5.82 Å². The Balaban J connectivity index is 1.35. The highest BCUT2D eigenvalue weighted by Crippen LogP contribution is 2.62. The summed E-state index contributed by atoms with van der Waals surface area (Å²) in [6, 6.07) is 5.69. The van der Waals surface area contributed by atoms with Crippen LogP contribution in [0.3, 0.4) is 0 Å². The molecule has 0 aromatic heterocycles. The second-order valence-corrected chi connectivity index (χ2v) is 9.17. The second-order valence-electron chi connectivity index (χ2n) is 9.17. The topological polar surface area (TPSA) is 69.6 Å².